The van der Waals surface area contributed by atoms with Gasteiger partial charge in [-0.05, 0) is 43.4 Å². The fourth-order valence-electron chi connectivity index (χ4n) is 3.68. The largest absolute Gasteiger partial charge is 0.368 e. The maximum absolute atomic E-state index is 12.4. The molecule has 138 valence electrons. The molecule has 4 nitrogen and oxygen atoms in total. The Hall–Kier alpha value is -2.49. The van der Waals surface area contributed by atoms with Crippen molar-refractivity contribution in [2.45, 2.75) is 26.7 Å². The summed E-state index contributed by atoms with van der Waals surface area (Å²) >= 11 is 0. The molecule has 1 saturated heterocycles. The van der Waals surface area contributed by atoms with Gasteiger partial charge in [0.05, 0.1) is 0 Å². The predicted molar refractivity (Wildman–Crippen MR) is 108 cm³/mol. The molecule has 2 aromatic carbocycles. The van der Waals surface area contributed by atoms with Crippen molar-refractivity contribution >= 4 is 11.7 Å². The average Bonchev–Trinajstić information content (AvgIpc) is 2.66. The van der Waals surface area contributed by atoms with Crippen molar-refractivity contribution in [1.82, 2.24) is 10.2 Å². The normalized spacial score (nSPS) is 14.4. The first-order valence-corrected chi connectivity index (χ1v) is 9.53. The Bertz CT molecular complexity index is 701. The highest BCUT2D eigenvalue weighted by molar-refractivity contribution is 5.74. The van der Waals surface area contributed by atoms with Gasteiger partial charge in [0.25, 0.3) is 0 Å². The standard InChI is InChI=1S/C22H29N3O/c1-18-8-6-9-19(2)21(18)24-14-16-25(17-15-24)22(26)23-13-7-12-20-10-4-3-5-11-20/h3-6,8-11H,7,12-17H2,1-2H3,(H,23,26). The highest BCUT2D eigenvalue weighted by Gasteiger charge is 2.22. The highest BCUT2D eigenvalue weighted by atomic mass is 16.2. The van der Waals surface area contributed by atoms with E-state index in [4.69, 9.17) is 0 Å². The van der Waals surface area contributed by atoms with Crippen LogP contribution < -0.4 is 10.2 Å². The number of nitrogens with zero attached hydrogens (tertiary/aromatic N) is 2. The molecule has 0 atom stereocenters. The summed E-state index contributed by atoms with van der Waals surface area (Å²) in [7, 11) is 0. The molecule has 0 aliphatic carbocycles. The second-order valence-corrected chi connectivity index (χ2v) is 7.04. The molecule has 0 unspecified atom stereocenters. The lowest BCUT2D eigenvalue weighted by Crippen LogP contribution is -2.52. The van der Waals surface area contributed by atoms with E-state index >= 15 is 0 Å². The molecule has 0 saturated carbocycles. The zero-order valence-electron chi connectivity index (χ0n) is 15.9. The van der Waals surface area contributed by atoms with E-state index in [1.165, 1.54) is 22.4 Å². The molecule has 2 aromatic rings. The van der Waals surface area contributed by atoms with Gasteiger partial charge in [0, 0.05) is 38.4 Å². The van der Waals surface area contributed by atoms with Crippen molar-refractivity contribution < 1.29 is 4.79 Å². The summed E-state index contributed by atoms with van der Waals surface area (Å²) in [6, 6.07) is 16.9. The third-order valence-electron chi connectivity index (χ3n) is 5.08. The zero-order valence-corrected chi connectivity index (χ0v) is 15.9. The summed E-state index contributed by atoms with van der Waals surface area (Å²) < 4.78 is 0. The number of carbonyl (C=O) groups is 1. The van der Waals surface area contributed by atoms with E-state index in [2.05, 4.69) is 66.5 Å². The number of rotatable bonds is 5. The van der Waals surface area contributed by atoms with E-state index in [-0.39, 0.29) is 6.03 Å². The summed E-state index contributed by atoms with van der Waals surface area (Å²) in [4.78, 5) is 16.7. The van der Waals surface area contributed by atoms with Crippen LogP contribution in [0.5, 0.6) is 0 Å². The average molecular weight is 351 g/mol. The van der Waals surface area contributed by atoms with Gasteiger partial charge in [-0.2, -0.15) is 0 Å². The molecule has 2 amide bonds. The second-order valence-electron chi connectivity index (χ2n) is 7.04. The number of hydrogen-bond acceptors (Lipinski definition) is 2. The van der Waals surface area contributed by atoms with E-state index in [0.717, 1.165) is 45.6 Å². The van der Waals surface area contributed by atoms with Gasteiger partial charge in [-0.1, -0.05) is 48.5 Å². The molecule has 1 N–H and O–H groups in total. The minimum Gasteiger partial charge on any atom is -0.368 e. The van der Waals surface area contributed by atoms with Crippen molar-refractivity contribution in [3.8, 4) is 0 Å². The van der Waals surface area contributed by atoms with E-state index in [1.54, 1.807) is 0 Å². The van der Waals surface area contributed by atoms with Gasteiger partial charge < -0.3 is 15.1 Å². The number of piperazine rings is 1. The molecule has 1 aliphatic heterocycles. The summed E-state index contributed by atoms with van der Waals surface area (Å²) in [6.45, 7) is 8.38. The van der Waals surface area contributed by atoms with Crippen LogP contribution in [0.15, 0.2) is 48.5 Å². The van der Waals surface area contributed by atoms with E-state index in [0.29, 0.717) is 0 Å². The third-order valence-corrected chi connectivity index (χ3v) is 5.08. The van der Waals surface area contributed by atoms with Gasteiger partial charge in [-0.15, -0.1) is 0 Å². The Morgan fingerprint density at radius 2 is 1.58 bits per heavy atom. The first-order valence-electron chi connectivity index (χ1n) is 9.53. The van der Waals surface area contributed by atoms with Crippen molar-refractivity contribution in [1.29, 1.82) is 0 Å². The first-order chi connectivity index (χ1) is 12.6. The highest BCUT2D eigenvalue weighted by Crippen LogP contribution is 2.25. The van der Waals surface area contributed by atoms with Gasteiger partial charge in [-0.3, -0.25) is 0 Å². The molecule has 1 fully saturated rings. The van der Waals surface area contributed by atoms with E-state index in [9.17, 15) is 4.79 Å². The Kier molecular flexibility index (Phi) is 6.16. The Labute approximate surface area is 156 Å². The van der Waals surface area contributed by atoms with Gasteiger partial charge in [0.15, 0.2) is 0 Å². The third kappa shape index (κ3) is 4.57. The van der Waals surface area contributed by atoms with Crippen LogP contribution in [-0.4, -0.2) is 43.7 Å². The van der Waals surface area contributed by atoms with Crippen LogP contribution in [0, 0.1) is 13.8 Å². The number of amides is 2. The minimum absolute atomic E-state index is 0.0687. The number of carbonyl (C=O) groups excluding carboxylic acids is 1. The van der Waals surface area contributed by atoms with Crippen LogP contribution in [0.25, 0.3) is 0 Å². The number of nitrogens with one attached hydrogen (secondary N) is 1. The lowest BCUT2D eigenvalue weighted by Gasteiger charge is -2.37. The molecule has 4 heteroatoms. The van der Waals surface area contributed by atoms with Crippen LogP contribution in [-0.2, 0) is 6.42 Å². The molecule has 0 bridgehead atoms. The fraction of sp³-hybridized carbons (Fsp3) is 0.409. The topological polar surface area (TPSA) is 35.6 Å². The Morgan fingerprint density at radius 3 is 2.23 bits per heavy atom. The summed E-state index contributed by atoms with van der Waals surface area (Å²) in [5, 5.41) is 3.07. The van der Waals surface area contributed by atoms with Gasteiger partial charge in [-0.25, -0.2) is 4.79 Å². The van der Waals surface area contributed by atoms with Crippen LogP contribution >= 0.6 is 0 Å². The maximum atomic E-state index is 12.4. The first kappa shape index (κ1) is 18.3. The number of urea groups is 1. The monoisotopic (exact) mass is 351 g/mol. The fourth-order valence-corrected chi connectivity index (χ4v) is 3.68. The van der Waals surface area contributed by atoms with Gasteiger partial charge in [0.1, 0.15) is 0 Å². The van der Waals surface area contributed by atoms with Crippen molar-refractivity contribution in [2.24, 2.45) is 0 Å². The molecule has 3 rings (SSSR count). The van der Waals surface area contributed by atoms with Gasteiger partial charge >= 0.3 is 6.03 Å². The van der Waals surface area contributed by atoms with E-state index in [1.807, 2.05) is 11.0 Å². The molecule has 26 heavy (non-hydrogen) atoms. The quantitative estimate of drug-likeness (QED) is 0.833. The molecular formula is C22H29N3O. The van der Waals surface area contributed by atoms with Crippen LogP contribution in [0.3, 0.4) is 0 Å². The van der Waals surface area contributed by atoms with E-state index < -0.39 is 0 Å². The number of benzene rings is 2. The summed E-state index contributed by atoms with van der Waals surface area (Å²) in [5.74, 6) is 0. The number of aryl methyl sites for hydroxylation is 3. The van der Waals surface area contributed by atoms with Crippen LogP contribution in [0.2, 0.25) is 0 Å². The second kappa shape index (κ2) is 8.75. The molecule has 0 aromatic heterocycles. The summed E-state index contributed by atoms with van der Waals surface area (Å²) in [5.41, 5.74) is 5.27. The van der Waals surface area contributed by atoms with Crippen LogP contribution in [0.4, 0.5) is 10.5 Å². The maximum Gasteiger partial charge on any atom is 0.317 e. The molecule has 0 spiro atoms. The van der Waals surface area contributed by atoms with Gasteiger partial charge in [0.2, 0.25) is 0 Å². The SMILES string of the molecule is Cc1cccc(C)c1N1CCN(C(=O)NCCCc2ccccc2)CC1. The van der Waals surface area contributed by atoms with Crippen molar-refractivity contribution in [3.05, 3.63) is 65.2 Å². The Balaban J connectivity index is 1.42. The number of para-hydroxylation sites is 1. The number of hydrogen-bond donors (Lipinski definition) is 1. The van der Waals surface area contributed by atoms with Crippen molar-refractivity contribution in [3.63, 3.8) is 0 Å². The number of anilines is 1. The smallest absolute Gasteiger partial charge is 0.317 e. The summed E-state index contributed by atoms with van der Waals surface area (Å²) in [6.07, 6.45) is 1.97. The zero-order chi connectivity index (χ0) is 18.4. The van der Waals surface area contributed by atoms with Crippen LogP contribution in [0.1, 0.15) is 23.1 Å². The lowest BCUT2D eigenvalue weighted by atomic mass is 10.1. The molecule has 0 radical (unpaired) electrons. The molecular weight excluding hydrogens is 322 g/mol. The molecule has 1 aliphatic rings. The lowest BCUT2D eigenvalue weighted by molar-refractivity contribution is 0.194. The predicted octanol–water partition coefficient (Wildman–Crippen LogP) is 3.77. The van der Waals surface area contributed by atoms with Crippen molar-refractivity contribution in [2.75, 3.05) is 37.6 Å². The minimum atomic E-state index is 0.0687. The molecule has 1 heterocycles. The Morgan fingerprint density at radius 1 is 0.923 bits per heavy atom.